The third kappa shape index (κ3) is 3.09. The van der Waals surface area contributed by atoms with Crippen molar-refractivity contribution < 1.29 is 23.9 Å². The van der Waals surface area contributed by atoms with E-state index in [2.05, 4.69) is 5.32 Å². The van der Waals surface area contributed by atoms with E-state index < -0.39 is 6.09 Å². The summed E-state index contributed by atoms with van der Waals surface area (Å²) in [6.07, 6.45) is 0.0437. The third-order valence-electron chi connectivity index (χ3n) is 5.79. The standard InChI is InChI=1S/C19H23N3O5/c1-12(23)20-8-16-10-22(18(25)27-16)15-5-3-13(4-6-15)19-7-14(19)9-21(11-19)17(24)26-2/h3-6,14,16H,7-11H2,1-2H3,(H,20,23)/t14-,16+,19+/m1/s1. The van der Waals surface area contributed by atoms with E-state index in [4.69, 9.17) is 9.47 Å². The molecule has 1 aromatic rings. The molecular formula is C19H23N3O5. The van der Waals surface area contributed by atoms with E-state index in [1.165, 1.54) is 19.6 Å². The molecule has 2 aliphatic heterocycles. The molecule has 0 aromatic heterocycles. The third-order valence-corrected chi connectivity index (χ3v) is 5.79. The van der Waals surface area contributed by atoms with E-state index in [1.54, 1.807) is 9.80 Å². The highest BCUT2D eigenvalue weighted by molar-refractivity contribution is 5.89. The average Bonchev–Trinajstić information content (AvgIpc) is 3.03. The molecule has 2 saturated heterocycles. The summed E-state index contributed by atoms with van der Waals surface area (Å²) in [4.78, 5) is 38.2. The number of hydrogen-bond acceptors (Lipinski definition) is 5. The fraction of sp³-hybridized carbons (Fsp3) is 0.526. The summed E-state index contributed by atoms with van der Waals surface area (Å²) in [5.41, 5.74) is 1.97. The molecular weight excluding hydrogens is 350 g/mol. The smallest absolute Gasteiger partial charge is 0.414 e. The van der Waals surface area contributed by atoms with Crippen LogP contribution in [-0.2, 0) is 19.7 Å². The maximum absolute atomic E-state index is 12.1. The molecule has 1 aliphatic carbocycles. The SMILES string of the molecule is COC(=O)N1C[C@H]2C[C@@]2(c2ccc(N3C[C@H](CNC(C)=O)OC3=O)cc2)C1. The molecule has 3 atom stereocenters. The first-order valence-corrected chi connectivity index (χ1v) is 9.09. The minimum Gasteiger partial charge on any atom is -0.453 e. The number of ether oxygens (including phenoxy) is 2. The van der Waals surface area contributed by atoms with Crippen molar-refractivity contribution in [2.45, 2.75) is 24.9 Å². The number of carbonyl (C=O) groups excluding carboxylic acids is 3. The van der Waals surface area contributed by atoms with Crippen molar-refractivity contribution in [3.63, 3.8) is 0 Å². The van der Waals surface area contributed by atoms with Crippen LogP contribution in [-0.4, -0.2) is 62.4 Å². The first-order valence-electron chi connectivity index (χ1n) is 9.09. The quantitative estimate of drug-likeness (QED) is 0.864. The summed E-state index contributed by atoms with van der Waals surface area (Å²) in [5, 5.41) is 2.67. The molecule has 3 amide bonds. The van der Waals surface area contributed by atoms with Crippen LogP contribution < -0.4 is 10.2 Å². The fourth-order valence-electron chi connectivity index (χ4n) is 4.27. The second-order valence-corrected chi connectivity index (χ2v) is 7.51. The Hall–Kier alpha value is -2.77. The van der Waals surface area contributed by atoms with Crippen molar-refractivity contribution in [1.29, 1.82) is 0 Å². The molecule has 1 N–H and O–H groups in total. The summed E-state index contributed by atoms with van der Waals surface area (Å²) in [5.74, 6) is 0.325. The van der Waals surface area contributed by atoms with Gasteiger partial charge in [-0.3, -0.25) is 9.69 Å². The molecule has 27 heavy (non-hydrogen) atoms. The van der Waals surface area contributed by atoms with Crippen molar-refractivity contribution in [3.05, 3.63) is 29.8 Å². The molecule has 4 rings (SSSR count). The molecule has 0 bridgehead atoms. The molecule has 3 aliphatic rings. The average molecular weight is 373 g/mol. The first kappa shape index (κ1) is 17.6. The lowest BCUT2D eigenvalue weighted by Crippen LogP contribution is -2.33. The fourth-order valence-corrected chi connectivity index (χ4v) is 4.27. The highest BCUT2D eigenvalue weighted by Gasteiger charge is 2.61. The number of piperidine rings is 1. The van der Waals surface area contributed by atoms with Crippen molar-refractivity contribution in [2.75, 3.05) is 38.2 Å². The van der Waals surface area contributed by atoms with Crippen LogP contribution in [0.15, 0.2) is 24.3 Å². The van der Waals surface area contributed by atoms with Gasteiger partial charge in [0.25, 0.3) is 0 Å². The zero-order valence-corrected chi connectivity index (χ0v) is 15.4. The molecule has 3 fully saturated rings. The molecule has 1 saturated carbocycles. The minimum atomic E-state index is -0.404. The van der Waals surface area contributed by atoms with Crippen molar-refractivity contribution >= 4 is 23.8 Å². The van der Waals surface area contributed by atoms with Crippen LogP contribution in [0.25, 0.3) is 0 Å². The van der Waals surface area contributed by atoms with Crippen LogP contribution in [0, 0.1) is 5.92 Å². The predicted octanol–water partition coefficient (Wildman–Crippen LogP) is 1.49. The number of nitrogens with one attached hydrogen (secondary N) is 1. The molecule has 0 unspecified atom stereocenters. The van der Waals surface area contributed by atoms with Crippen LogP contribution in [0.1, 0.15) is 18.9 Å². The van der Waals surface area contributed by atoms with E-state index >= 15 is 0 Å². The number of anilines is 1. The Balaban J connectivity index is 1.42. The molecule has 1 aromatic carbocycles. The van der Waals surface area contributed by atoms with E-state index in [1.807, 2.05) is 24.3 Å². The monoisotopic (exact) mass is 373 g/mol. The maximum atomic E-state index is 12.1. The summed E-state index contributed by atoms with van der Waals surface area (Å²) in [6.45, 7) is 3.56. The van der Waals surface area contributed by atoms with Gasteiger partial charge in [0.15, 0.2) is 0 Å². The zero-order chi connectivity index (χ0) is 19.2. The molecule has 0 spiro atoms. The number of fused-ring (bicyclic) bond motifs is 1. The lowest BCUT2D eigenvalue weighted by molar-refractivity contribution is -0.119. The Kier molecular flexibility index (Phi) is 4.20. The van der Waals surface area contributed by atoms with Gasteiger partial charge >= 0.3 is 12.2 Å². The lowest BCUT2D eigenvalue weighted by atomic mass is 9.95. The Morgan fingerprint density at radius 3 is 2.70 bits per heavy atom. The van der Waals surface area contributed by atoms with Gasteiger partial charge < -0.3 is 19.7 Å². The second kappa shape index (κ2) is 6.44. The number of cyclic esters (lactones) is 1. The van der Waals surface area contributed by atoms with E-state index in [9.17, 15) is 14.4 Å². The Labute approximate surface area is 157 Å². The van der Waals surface area contributed by atoms with Crippen LogP contribution in [0.2, 0.25) is 0 Å². The second-order valence-electron chi connectivity index (χ2n) is 7.51. The van der Waals surface area contributed by atoms with Gasteiger partial charge in [-0.15, -0.1) is 0 Å². The van der Waals surface area contributed by atoms with E-state index in [0.717, 1.165) is 18.7 Å². The Bertz CT molecular complexity index is 780. The molecule has 8 nitrogen and oxygen atoms in total. The molecule has 0 radical (unpaired) electrons. The van der Waals surface area contributed by atoms with Gasteiger partial charge in [0, 0.05) is 31.1 Å². The Morgan fingerprint density at radius 2 is 2.04 bits per heavy atom. The van der Waals surface area contributed by atoms with Gasteiger partial charge in [-0.1, -0.05) is 12.1 Å². The number of carbonyl (C=O) groups is 3. The number of methoxy groups -OCH3 is 1. The van der Waals surface area contributed by atoms with Crippen molar-refractivity contribution in [2.24, 2.45) is 5.92 Å². The van der Waals surface area contributed by atoms with Crippen molar-refractivity contribution in [3.8, 4) is 0 Å². The number of amides is 3. The largest absolute Gasteiger partial charge is 0.453 e. The van der Waals surface area contributed by atoms with Gasteiger partial charge in [-0.2, -0.15) is 0 Å². The summed E-state index contributed by atoms with van der Waals surface area (Å²) >= 11 is 0. The van der Waals surface area contributed by atoms with Crippen LogP contribution >= 0.6 is 0 Å². The topological polar surface area (TPSA) is 88.2 Å². The van der Waals surface area contributed by atoms with Gasteiger partial charge in [-0.05, 0) is 30.0 Å². The Morgan fingerprint density at radius 1 is 1.30 bits per heavy atom. The first-order chi connectivity index (χ1) is 12.9. The maximum Gasteiger partial charge on any atom is 0.414 e. The van der Waals surface area contributed by atoms with Crippen LogP contribution in [0.5, 0.6) is 0 Å². The van der Waals surface area contributed by atoms with Crippen LogP contribution in [0.4, 0.5) is 15.3 Å². The molecule has 2 heterocycles. The molecule has 144 valence electrons. The molecule has 8 heteroatoms. The van der Waals surface area contributed by atoms with Gasteiger partial charge in [0.05, 0.1) is 20.2 Å². The van der Waals surface area contributed by atoms with Gasteiger partial charge in [0.1, 0.15) is 6.10 Å². The number of nitrogens with zero attached hydrogens (tertiary/aromatic N) is 2. The highest BCUT2D eigenvalue weighted by atomic mass is 16.6. The van der Waals surface area contributed by atoms with Gasteiger partial charge in [0.2, 0.25) is 5.91 Å². The number of benzene rings is 1. The van der Waals surface area contributed by atoms with Gasteiger partial charge in [-0.25, -0.2) is 9.59 Å². The number of likely N-dealkylation sites (tertiary alicyclic amines) is 1. The van der Waals surface area contributed by atoms with Crippen LogP contribution in [0.3, 0.4) is 0 Å². The number of rotatable bonds is 4. The normalized spacial score (nSPS) is 28.6. The lowest BCUT2D eigenvalue weighted by Gasteiger charge is -2.20. The predicted molar refractivity (Wildman–Crippen MR) is 96.5 cm³/mol. The number of hydrogen-bond donors (Lipinski definition) is 1. The minimum absolute atomic E-state index is 0.0200. The van der Waals surface area contributed by atoms with Crippen molar-refractivity contribution in [1.82, 2.24) is 10.2 Å². The summed E-state index contributed by atoms with van der Waals surface area (Å²) < 4.78 is 10.1. The summed E-state index contributed by atoms with van der Waals surface area (Å²) in [6, 6.07) is 7.90. The summed E-state index contributed by atoms with van der Waals surface area (Å²) in [7, 11) is 1.40. The van der Waals surface area contributed by atoms with E-state index in [-0.39, 0.29) is 23.5 Å². The zero-order valence-electron chi connectivity index (χ0n) is 15.4. The highest BCUT2D eigenvalue weighted by Crippen LogP contribution is 2.59. The van der Waals surface area contributed by atoms with E-state index in [0.29, 0.717) is 25.6 Å².